The van der Waals surface area contributed by atoms with Gasteiger partial charge >= 0.3 is 0 Å². The van der Waals surface area contributed by atoms with E-state index in [1.54, 1.807) is 17.0 Å². The quantitative estimate of drug-likeness (QED) is 0.526. The summed E-state index contributed by atoms with van der Waals surface area (Å²) in [6.45, 7) is -0.183. The van der Waals surface area contributed by atoms with Crippen LogP contribution in [0, 0.1) is 11.6 Å². The number of aliphatic hydroxyl groups excluding tert-OH is 1. The number of nitrogens with zero attached hydrogens (tertiary/aromatic N) is 1. The minimum Gasteiger partial charge on any atom is -0.487 e. The first-order valence-corrected chi connectivity index (χ1v) is 11.5. The van der Waals surface area contributed by atoms with Gasteiger partial charge in [-0.05, 0) is 56.9 Å². The molecule has 0 bridgehead atoms. The van der Waals surface area contributed by atoms with Gasteiger partial charge in [0.1, 0.15) is 29.6 Å². The van der Waals surface area contributed by atoms with Crippen LogP contribution in [0.4, 0.5) is 14.5 Å². The first kappa shape index (κ1) is 25.0. The molecule has 0 radical (unpaired) electrons. The van der Waals surface area contributed by atoms with E-state index in [4.69, 9.17) is 9.47 Å². The molecule has 35 heavy (non-hydrogen) atoms. The first-order valence-electron chi connectivity index (χ1n) is 11.5. The molecule has 2 heterocycles. The van der Waals surface area contributed by atoms with Gasteiger partial charge in [0.05, 0.1) is 25.7 Å². The van der Waals surface area contributed by atoms with Crippen LogP contribution in [0.15, 0.2) is 36.4 Å². The van der Waals surface area contributed by atoms with Crippen LogP contribution in [-0.4, -0.2) is 67.4 Å². The summed E-state index contributed by atoms with van der Waals surface area (Å²) >= 11 is 0. The summed E-state index contributed by atoms with van der Waals surface area (Å²) in [5.74, 6) is -1.19. The zero-order chi connectivity index (χ0) is 25.1. The molecule has 0 spiro atoms. The van der Waals surface area contributed by atoms with Gasteiger partial charge in [0.25, 0.3) is 0 Å². The van der Waals surface area contributed by atoms with E-state index < -0.39 is 29.9 Å². The SMILES string of the molecule is CN(C)CC(=O)Nc1ccc2c(c1)[C@H]1C[C@H](CC(=O)NCc3cc(F)ccc3F)O[C@@H](CO)[C@H]1O2. The second-order valence-electron chi connectivity index (χ2n) is 9.16. The van der Waals surface area contributed by atoms with E-state index in [0.29, 0.717) is 17.9 Å². The molecule has 1 saturated heterocycles. The number of halogens is 2. The van der Waals surface area contributed by atoms with Gasteiger partial charge in [-0.15, -0.1) is 0 Å². The Kier molecular flexibility index (Phi) is 7.63. The smallest absolute Gasteiger partial charge is 0.238 e. The fourth-order valence-corrected chi connectivity index (χ4v) is 4.61. The highest BCUT2D eigenvalue weighted by molar-refractivity contribution is 5.92. The van der Waals surface area contributed by atoms with Crippen LogP contribution in [-0.2, 0) is 20.9 Å². The minimum atomic E-state index is -0.633. The fraction of sp³-hybridized carbons (Fsp3) is 0.440. The lowest BCUT2D eigenvalue weighted by Gasteiger charge is -2.37. The Balaban J connectivity index is 1.42. The Morgan fingerprint density at radius 1 is 1.14 bits per heavy atom. The average Bonchev–Trinajstić information content (AvgIpc) is 3.16. The van der Waals surface area contributed by atoms with Gasteiger partial charge < -0.3 is 30.1 Å². The molecule has 2 aromatic carbocycles. The Labute approximate surface area is 202 Å². The van der Waals surface area contributed by atoms with E-state index >= 15 is 0 Å². The highest BCUT2D eigenvalue weighted by Gasteiger charge is 2.46. The van der Waals surface area contributed by atoms with Crippen molar-refractivity contribution in [3.05, 3.63) is 59.2 Å². The summed E-state index contributed by atoms with van der Waals surface area (Å²) in [6.07, 6.45) is -1.10. The maximum atomic E-state index is 13.8. The van der Waals surface area contributed by atoms with Crippen LogP contribution in [0.25, 0.3) is 0 Å². The molecular formula is C25H29F2N3O5. The number of fused-ring (bicyclic) bond motifs is 3. The van der Waals surface area contributed by atoms with Crippen molar-refractivity contribution in [1.29, 1.82) is 0 Å². The largest absolute Gasteiger partial charge is 0.487 e. The van der Waals surface area contributed by atoms with Crippen molar-refractivity contribution in [1.82, 2.24) is 10.2 Å². The second kappa shape index (κ2) is 10.7. The molecule has 4 rings (SSSR count). The number of amides is 2. The topological polar surface area (TPSA) is 100 Å². The van der Waals surface area contributed by atoms with Gasteiger partial charge in [-0.2, -0.15) is 0 Å². The number of carbonyl (C=O) groups excluding carboxylic acids is 2. The number of hydrogen-bond donors (Lipinski definition) is 3. The minimum absolute atomic E-state index is 0.00868. The molecule has 2 amide bonds. The van der Waals surface area contributed by atoms with E-state index in [0.717, 1.165) is 23.8 Å². The number of rotatable bonds is 8. The van der Waals surface area contributed by atoms with E-state index in [9.17, 15) is 23.5 Å². The first-order chi connectivity index (χ1) is 16.7. The summed E-state index contributed by atoms with van der Waals surface area (Å²) in [5.41, 5.74) is 1.57. The number of anilines is 1. The van der Waals surface area contributed by atoms with E-state index in [1.807, 2.05) is 20.2 Å². The number of likely N-dealkylation sites (N-methyl/N-ethyl adjacent to an activating group) is 1. The lowest BCUT2D eigenvalue weighted by molar-refractivity contribution is -0.142. The molecule has 188 valence electrons. The molecule has 2 aliphatic heterocycles. The van der Waals surface area contributed by atoms with Crippen LogP contribution in [0.1, 0.15) is 29.9 Å². The van der Waals surface area contributed by atoms with Crippen molar-refractivity contribution >= 4 is 17.5 Å². The zero-order valence-electron chi connectivity index (χ0n) is 19.6. The molecule has 0 aromatic heterocycles. The van der Waals surface area contributed by atoms with Crippen LogP contribution in [0.2, 0.25) is 0 Å². The molecule has 4 atom stereocenters. The zero-order valence-corrected chi connectivity index (χ0v) is 19.6. The van der Waals surface area contributed by atoms with Crippen molar-refractivity contribution in [2.75, 3.05) is 32.6 Å². The predicted octanol–water partition coefficient (Wildman–Crippen LogP) is 2.17. The number of carbonyl (C=O) groups is 2. The Morgan fingerprint density at radius 3 is 2.69 bits per heavy atom. The van der Waals surface area contributed by atoms with Crippen LogP contribution >= 0.6 is 0 Å². The summed E-state index contributed by atoms with van der Waals surface area (Å²) in [7, 11) is 3.62. The van der Waals surface area contributed by atoms with Crippen molar-refractivity contribution in [2.24, 2.45) is 0 Å². The van der Waals surface area contributed by atoms with E-state index in [1.165, 1.54) is 0 Å². The molecule has 10 heteroatoms. The lowest BCUT2D eigenvalue weighted by atomic mass is 9.84. The molecule has 8 nitrogen and oxygen atoms in total. The molecule has 0 unspecified atom stereocenters. The van der Waals surface area contributed by atoms with Crippen LogP contribution in [0.3, 0.4) is 0 Å². The third kappa shape index (κ3) is 5.95. The maximum Gasteiger partial charge on any atom is 0.238 e. The summed E-state index contributed by atoms with van der Waals surface area (Å²) in [6, 6.07) is 8.47. The number of nitrogens with one attached hydrogen (secondary N) is 2. The molecule has 3 N–H and O–H groups in total. The third-order valence-corrected chi connectivity index (χ3v) is 6.14. The third-order valence-electron chi connectivity index (χ3n) is 6.14. The highest BCUT2D eigenvalue weighted by Crippen LogP contribution is 2.47. The predicted molar refractivity (Wildman–Crippen MR) is 124 cm³/mol. The number of benzene rings is 2. The maximum absolute atomic E-state index is 13.8. The standard InChI is InChI=1S/C25H29F2N3O5/c1-30(2)12-24(33)29-16-4-6-21-18(8-16)19-9-17(34-22(13-31)25(19)35-21)10-23(32)28-11-14-7-15(26)3-5-20(14)27/h3-8,17,19,22,25,31H,9-13H2,1-2H3,(H,28,32)(H,29,33)/t17-,19-,22+,25+/m1/s1. The number of ether oxygens (including phenoxy) is 2. The van der Waals surface area contributed by atoms with Gasteiger partial charge in [0, 0.05) is 29.3 Å². The van der Waals surface area contributed by atoms with Crippen LogP contribution < -0.4 is 15.4 Å². The Morgan fingerprint density at radius 2 is 1.94 bits per heavy atom. The van der Waals surface area contributed by atoms with Crippen molar-refractivity contribution in [2.45, 2.75) is 43.6 Å². The van der Waals surface area contributed by atoms with Gasteiger partial charge in [0.2, 0.25) is 11.8 Å². The monoisotopic (exact) mass is 489 g/mol. The second-order valence-corrected chi connectivity index (χ2v) is 9.16. The fourth-order valence-electron chi connectivity index (χ4n) is 4.61. The summed E-state index contributed by atoms with van der Waals surface area (Å²) in [5, 5.41) is 15.4. The lowest BCUT2D eigenvalue weighted by Crippen LogP contribution is -2.47. The van der Waals surface area contributed by atoms with E-state index in [2.05, 4.69) is 10.6 Å². The van der Waals surface area contributed by atoms with Gasteiger partial charge in [-0.3, -0.25) is 9.59 Å². The van der Waals surface area contributed by atoms with Gasteiger partial charge in [0.15, 0.2) is 0 Å². The Bertz CT molecular complexity index is 1100. The van der Waals surface area contributed by atoms with E-state index in [-0.39, 0.29) is 49.4 Å². The number of hydrogen-bond acceptors (Lipinski definition) is 6. The van der Waals surface area contributed by atoms with Gasteiger partial charge in [-0.25, -0.2) is 8.78 Å². The molecule has 2 aliphatic rings. The highest BCUT2D eigenvalue weighted by atomic mass is 19.1. The summed E-state index contributed by atoms with van der Waals surface area (Å²) in [4.78, 5) is 26.4. The normalized spacial score (nSPS) is 22.8. The summed E-state index contributed by atoms with van der Waals surface area (Å²) < 4.78 is 39.2. The van der Waals surface area contributed by atoms with Crippen molar-refractivity contribution in [3.63, 3.8) is 0 Å². The van der Waals surface area contributed by atoms with Crippen molar-refractivity contribution in [3.8, 4) is 5.75 Å². The molecule has 0 aliphatic carbocycles. The van der Waals surface area contributed by atoms with Gasteiger partial charge in [-0.1, -0.05) is 0 Å². The molecule has 2 aromatic rings. The molecule has 1 fully saturated rings. The van der Waals surface area contributed by atoms with Crippen molar-refractivity contribution < 1.29 is 33.0 Å². The van der Waals surface area contributed by atoms with Crippen LogP contribution in [0.5, 0.6) is 5.75 Å². The average molecular weight is 490 g/mol. The number of aliphatic hydroxyl groups is 1. The Hall–Kier alpha value is -3.08. The molecular weight excluding hydrogens is 460 g/mol. The molecule has 0 saturated carbocycles.